The van der Waals surface area contributed by atoms with Crippen LogP contribution in [0, 0.1) is 0 Å². The molecule has 0 aliphatic carbocycles. The molecule has 0 spiro atoms. The predicted octanol–water partition coefficient (Wildman–Crippen LogP) is 3.75. The number of nitrogens with zero attached hydrogens (tertiary/aromatic N) is 2. The Morgan fingerprint density at radius 1 is 1.45 bits per heavy atom. The number of hydrogen-bond acceptors (Lipinski definition) is 5. The number of fused-ring (bicyclic) bond motifs is 1. The smallest absolute Gasteiger partial charge is 0.259 e. The molecule has 0 bridgehead atoms. The number of aromatic nitrogens is 1. The molecule has 3 rings (SSSR count). The Bertz CT molecular complexity index is 668. The Labute approximate surface area is 134 Å². The van der Waals surface area contributed by atoms with Gasteiger partial charge in [-0.3, -0.25) is 10.1 Å². The first-order valence-corrected chi connectivity index (χ1v) is 8.35. The molecule has 3 heterocycles. The summed E-state index contributed by atoms with van der Waals surface area (Å²) in [4.78, 5) is 20.1. The van der Waals surface area contributed by atoms with Gasteiger partial charge in [-0.05, 0) is 13.1 Å². The molecule has 0 fully saturated rings. The van der Waals surface area contributed by atoms with Crippen LogP contribution in [0.2, 0.25) is 8.67 Å². The van der Waals surface area contributed by atoms with Gasteiger partial charge in [-0.1, -0.05) is 23.2 Å². The molecule has 106 valence electrons. The third-order valence-electron chi connectivity index (χ3n) is 3.04. The van der Waals surface area contributed by atoms with Gasteiger partial charge in [0.1, 0.15) is 4.34 Å². The molecule has 1 N–H and O–H groups in total. The maximum absolute atomic E-state index is 12.1. The molecule has 1 aliphatic heterocycles. The average Bonchev–Trinajstić information content (AvgIpc) is 2.91. The van der Waals surface area contributed by atoms with E-state index in [9.17, 15) is 4.79 Å². The number of nitrogens with one attached hydrogen (secondary N) is 1. The molecule has 4 nitrogen and oxygen atoms in total. The Morgan fingerprint density at radius 2 is 2.25 bits per heavy atom. The van der Waals surface area contributed by atoms with Crippen LogP contribution in [0.25, 0.3) is 0 Å². The van der Waals surface area contributed by atoms with E-state index in [-0.39, 0.29) is 5.91 Å². The van der Waals surface area contributed by atoms with Crippen molar-refractivity contribution in [2.45, 2.75) is 13.0 Å². The van der Waals surface area contributed by atoms with Gasteiger partial charge in [0.15, 0.2) is 5.13 Å². The van der Waals surface area contributed by atoms with Gasteiger partial charge in [-0.25, -0.2) is 4.98 Å². The zero-order chi connectivity index (χ0) is 14.3. The number of amides is 1. The van der Waals surface area contributed by atoms with E-state index >= 15 is 0 Å². The van der Waals surface area contributed by atoms with Crippen molar-refractivity contribution in [3.8, 4) is 0 Å². The molecule has 8 heteroatoms. The van der Waals surface area contributed by atoms with Gasteiger partial charge in [0.25, 0.3) is 5.91 Å². The number of halogens is 2. The van der Waals surface area contributed by atoms with Gasteiger partial charge in [0.05, 0.1) is 15.6 Å². The normalized spacial score (nSPS) is 15.2. The molecule has 0 saturated heterocycles. The number of carbonyl (C=O) groups excluding carboxylic acids is 1. The van der Waals surface area contributed by atoms with E-state index in [4.69, 9.17) is 23.2 Å². The molecule has 20 heavy (non-hydrogen) atoms. The van der Waals surface area contributed by atoms with Crippen molar-refractivity contribution in [1.82, 2.24) is 9.88 Å². The summed E-state index contributed by atoms with van der Waals surface area (Å²) in [6.45, 7) is 1.88. The van der Waals surface area contributed by atoms with E-state index < -0.39 is 0 Å². The summed E-state index contributed by atoms with van der Waals surface area (Å²) in [7, 11) is 2.08. The molecule has 0 radical (unpaired) electrons. The summed E-state index contributed by atoms with van der Waals surface area (Å²) in [6, 6.07) is 1.57. The van der Waals surface area contributed by atoms with Crippen molar-refractivity contribution in [2.75, 3.05) is 18.9 Å². The van der Waals surface area contributed by atoms with Crippen LogP contribution in [-0.4, -0.2) is 29.4 Å². The number of carbonyl (C=O) groups is 1. The zero-order valence-electron chi connectivity index (χ0n) is 10.6. The lowest BCUT2D eigenvalue weighted by Gasteiger charge is -2.20. The lowest BCUT2D eigenvalue weighted by molar-refractivity contribution is 0.102. The van der Waals surface area contributed by atoms with Crippen molar-refractivity contribution in [1.29, 1.82) is 0 Å². The Morgan fingerprint density at radius 3 is 2.95 bits per heavy atom. The molecule has 1 aliphatic rings. The van der Waals surface area contributed by atoms with E-state index in [1.807, 2.05) is 0 Å². The van der Waals surface area contributed by atoms with Crippen LogP contribution in [0.1, 0.15) is 20.9 Å². The summed E-state index contributed by atoms with van der Waals surface area (Å²) < 4.78 is 0.897. The molecular weight excluding hydrogens is 337 g/mol. The highest BCUT2D eigenvalue weighted by Gasteiger charge is 2.20. The van der Waals surface area contributed by atoms with Gasteiger partial charge < -0.3 is 4.90 Å². The number of hydrogen-bond donors (Lipinski definition) is 1. The minimum absolute atomic E-state index is 0.266. The number of rotatable bonds is 2. The SMILES string of the molecule is CN1CCc2nc(NC(=O)c3cc(Cl)sc3Cl)sc2C1. The predicted molar refractivity (Wildman–Crippen MR) is 84.4 cm³/mol. The van der Waals surface area contributed by atoms with Crippen molar-refractivity contribution in [3.63, 3.8) is 0 Å². The fourth-order valence-corrected chi connectivity index (χ4v) is 4.58. The van der Waals surface area contributed by atoms with Crippen LogP contribution in [0.5, 0.6) is 0 Å². The van der Waals surface area contributed by atoms with Crippen molar-refractivity contribution in [2.24, 2.45) is 0 Å². The van der Waals surface area contributed by atoms with E-state index in [1.165, 1.54) is 27.6 Å². The molecule has 2 aromatic rings. The molecule has 0 atom stereocenters. The highest BCUT2D eigenvalue weighted by atomic mass is 35.5. The summed E-state index contributed by atoms with van der Waals surface area (Å²) >= 11 is 14.5. The number of anilines is 1. The van der Waals surface area contributed by atoms with Crippen LogP contribution < -0.4 is 5.32 Å². The van der Waals surface area contributed by atoms with Gasteiger partial charge in [0.2, 0.25) is 0 Å². The maximum atomic E-state index is 12.1. The fraction of sp³-hybridized carbons (Fsp3) is 0.333. The molecule has 0 saturated carbocycles. The van der Waals surface area contributed by atoms with Crippen LogP contribution >= 0.6 is 45.9 Å². The zero-order valence-corrected chi connectivity index (χ0v) is 13.7. The van der Waals surface area contributed by atoms with Gasteiger partial charge in [0, 0.05) is 24.4 Å². The summed E-state index contributed by atoms with van der Waals surface area (Å²) in [5, 5.41) is 3.42. The van der Waals surface area contributed by atoms with Crippen molar-refractivity contribution >= 4 is 56.9 Å². The average molecular weight is 348 g/mol. The fourth-order valence-electron chi connectivity index (χ4n) is 2.04. The quantitative estimate of drug-likeness (QED) is 0.899. The topological polar surface area (TPSA) is 45.2 Å². The maximum Gasteiger partial charge on any atom is 0.259 e. The highest BCUT2D eigenvalue weighted by Crippen LogP contribution is 2.33. The largest absolute Gasteiger partial charge is 0.301 e. The van der Waals surface area contributed by atoms with Crippen LogP contribution in [0.15, 0.2) is 6.07 Å². The molecule has 0 aromatic carbocycles. The van der Waals surface area contributed by atoms with E-state index in [0.717, 1.165) is 25.2 Å². The van der Waals surface area contributed by atoms with E-state index in [1.54, 1.807) is 6.07 Å². The molecular formula is C12H11Cl2N3OS2. The Balaban J connectivity index is 1.78. The first kappa shape index (κ1) is 14.3. The standard InChI is InChI=1S/C12H11Cl2N3OS2/c1-17-3-2-7-8(5-17)19-12(15-7)16-11(18)6-4-9(13)20-10(6)14/h4H,2-3,5H2,1H3,(H,15,16,18). The lowest BCUT2D eigenvalue weighted by atomic mass is 10.2. The summed E-state index contributed by atoms with van der Waals surface area (Å²) in [6.07, 6.45) is 0.920. The van der Waals surface area contributed by atoms with Gasteiger partial charge >= 0.3 is 0 Å². The van der Waals surface area contributed by atoms with E-state index in [2.05, 4.69) is 22.2 Å². The Kier molecular flexibility index (Phi) is 4.01. The van der Waals surface area contributed by atoms with Crippen molar-refractivity contribution < 1.29 is 4.79 Å². The first-order valence-electron chi connectivity index (χ1n) is 5.96. The molecule has 1 amide bonds. The first-order chi connectivity index (χ1) is 9.52. The van der Waals surface area contributed by atoms with Crippen molar-refractivity contribution in [3.05, 3.63) is 30.9 Å². The van der Waals surface area contributed by atoms with Crippen LogP contribution in [-0.2, 0) is 13.0 Å². The summed E-state index contributed by atoms with van der Waals surface area (Å²) in [5.74, 6) is -0.266. The lowest BCUT2D eigenvalue weighted by Crippen LogP contribution is -2.25. The number of thiazole rings is 1. The number of likely N-dealkylation sites (N-methyl/N-ethyl adjacent to an activating group) is 1. The second-order valence-corrected chi connectivity index (χ2v) is 7.94. The van der Waals surface area contributed by atoms with Crippen LogP contribution in [0.4, 0.5) is 5.13 Å². The van der Waals surface area contributed by atoms with Gasteiger partial charge in [-0.15, -0.1) is 22.7 Å². The Hall–Kier alpha value is -0.660. The third-order valence-corrected chi connectivity index (χ3v) is 5.53. The minimum Gasteiger partial charge on any atom is -0.301 e. The van der Waals surface area contributed by atoms with Crippen LogP contribution in [0.3, 0.4) is 0 Å². The monoisotopic (exact) mass is 347 g/mol. The third kappa shape index (κ3) is 2.84. The highest BCUT2D eigenvalue weighted by molar-refractivity contribution is 7.20. The summed E-state index contributed by atoms with van der Waals surface area (Å²) in [5.41, 5.74) is 1.48. The molecule has 0 unspecified atom stereocenters. The number of thiophene rings is 1. The van der Waals surface area contributed by atoms with E-state index in [0.29, 0.717) is 19.4 Å². The molecule has 2 aromatic heterocycles. The minimum atomic E-state index is -0.266. The second-order valence-electron chi connectivity index (χ2n) is 4.57. The second kappa shape index (κ2) is 5.61. The van der Waals surface area contributed by atoms with Gasteiger partial charge in [-0.2, -0.15) is 0 Å².